The van der Waals surface area contributed by atoms with E-state index in [2.05, 4.69) is 11.8 Å². The van der Waals surface area contributed by atoms with Gasteiger partial charge >= 0.3 is 0 Å². The lowest BCUT2D eigenvalue weighted by Gasteiger charge is -2.32. The molecule has 1 unspecified atom stereocenters. The van der Waals surface area contributed by atoms with Gasteiger partial charge in [-0.2, -0.15) is 0 Å². The number of morpholine rings is 1. The van der Waals surface area contributed by atoms with Gasteiger partial charge in [0.1, 0.15) is 0 Å². The van der Waals surface area contributed by atoms with E-state index in [0.717, 1.165) is 32.7 Å². The van der Waals surface area contributed by atoms with Crippen molar-refractivity contribution in [3.8, 4) is 0 Å². The van der Waals surface area contributed by atoms with Gasteiger partial charge in [-0.05, 0) is 13.3 Å². The van der Waals surface area contributed by atoms with Crippen molar-refractivity contribution >= 4 is 0 Å². The minimum atomic E-state index is 0.296. The van der Waals surface area contributed by atoms with Gasteiger partial charge < -0.3 is 9.84 Å². The predicted molar refractivity (Wildman–Crippen MR) is 43.6 cm³/mol. The highest BCUT2D eigenvalue weighted by Crippen LogP contribution is 2.05. The normalized spacial score (nSPS) is 27.3. The van der Waals surface area contributed by atoms with Crippen LogP contribution in [0.5, 0.6) is 0 Å². The minimum Gasteiger partial charge on any atom is -0.396 e. The molecule has 0 aromatic heterocycles. The van der Waals surface area contributed by atoms with Crippen molar-refractivity contribution in [1.29, 1.82) is 0 Å². The van der Waals surface area contributed by atoms with Gasteiger partial charge in [0.05, 0.1) is 13.2 Å². The van der Waals surface area contributed by atoms with Crippen LogP contribution in [0, 0.1) is 0 Å². The van der Waals surface area contributed by atoms with Gasteiger partial charge in [-0.1, -0.05) is 0 Å². The van der Waals surface area contributed by atoms with Crippen LogP contribution < -0.4 is 0 Å². The third-order valence-electron chi connectivity index (χ3n) is 2.11. The molecule has 0 amide bonds. The second kappa shape index (κ2) is 4.70. The number of aliphatic hydroxyl groups is 1. The molecule has 0 aromatic rings. The van der Waals surface area contributed by atoms with Gasteiger partial charge in [0.15, 0.2) is 0 Å². The molecule has 1 rings (SSSR count). The largest absolute Gasteiger partial charge is 0.396 e. The van der Waals surface area contributed by atoms with Gasteiger partial charge in [-0.3, -0.25) is 4.90 Å². The molecule has 1 N–H and O–H groups in total. The molecule has 3 nitrogen and oxygen atoms in total. The average molecular weight is 159 g/mol. The second-order valence-electron chi connectivity index (χ2n) is 3.04. The Morgan fingerprint density at radius 1 is 1.64 bits per heavy atom. The van der Waals surface area contributed by atoms with E-state index in [9.17, 15) is 0 Å². The summed E-state index contributed by atoms with van der Waals surface area (Å²) < 4.78 is 5.29. The van der Waals surface area contributed by atoms with Gasteiger partial charge in [0, 0.05) is 25.7 Å². The zero-order valence-electron chi connectivity index (χ0n) is 7.12. The molecule has 1 aliphatic rings. The number of aliphatic hydroxyl groups excluding tert-OH is 1. The van der Waals surface area contributed by atoms with Crippen LogP contribution in [0.25, 0.3) is 0 Å². The lowest BCUT2D eigenvalue weighted by molar-refractivity contribution is -0.00238. The molecule has 66 valence electrons. The smallest absolute Gasteiger partial charge is 0.0619 e. The Hall–Kier alpha value is -0.120. The van der Waals surface area contributed by atoms with Crippen molar-refractivity contribution in [3.63, 3.8) is 0 Å². The van der Waals surface area contributed by atoms with Gasteiger partial charge in [-0.25, -0.2) is 0 Å². The molecule has 0 spiro atoms. The zero-order valence-corrected chi connectivity index (χ0v) is 7.12. The van der Waals surface area contributed by atoms with Crippen LogP contribution in [-0.4, -0.2) is 49.0 Å². The zero-order chi connectivity index (χ0) is 8.10. The van der Waals surface area contributed by atoms with Crippen molar-refractivity contribution in [2.75, 3.05) is 32.9 Å². The Bertz CT molecular complexity index is 108. The van der Waals surface area contributed by atoms with Crippen LogP contribution in [0.4, 0.5) is 0 Å². The highest BCUT2D eigenvalue weighted by Gasteiger charge is 2.17. The molecule has 1 aliphatic heterocycles. The van der Waals surface area contributed by atoms with Gasteiger partial charge in [0.2, 0.25) is 0 Å². The Morgan fingerprint density at radius 3 is 3.09 bits per heavy atom. The van der Waals surface area contributed by atoms with Crippen LogP contribution in [0.1, 0.15) is 13.3 Å². The Labute approximate surface area is 68.0 Å². The number of nitrogens with zero attached hydrogens (tertiary/aromatic N) is 1. The maximum absolute atomic E-state index is 8.63. The van der Waals surface area contributed by atoms with Crippen molar-refractivity contribution in [1.82, 2.24) is 4.90 Å². The highest BCUT2D eigenvalue weighted by molar-refractivity contribution is 4.70. The van der Waals surface area contributed by atoms with Gasteiger partial charge in [0.25, 0.3) is 0 Å². The fraction of sp³-hybridized carbons (Fsp3) is 1.00. The van der Waals surface area contributed by atoms with Crippen molar-refractivity contribution in [2.24, 2.45) is 0 Å². The maximum atomic E-state index is 8.63. The summed E-state index contributed by atoms with van der Waals surface area (Å²) in [6, 6.07) is 0.523. The molecule has 0 radical (unpaired) electrons. The summed E-state index contributed by atoms with van der Waals surface area (Å²) in [5, 5.41) is 8.63. The third-order valence-corrected chi connectivity index (χ3v) is 2.11. The molecule has 0 saturated carbocycles. The third kappa shape index (κ3) is 2.77. The fourth-order valence-electron chi connectivity index (χ4n) is 1.37. The summed E-state index contributed by atoms with van der Waals surface area (Å²) in [7, 11) is 0. The monoisotopic (exact) mass is 159 g/mol. The number of rotatable bonds is 3. The molecular formula is C8H17NO2. The highest BCUT2D eigenvalue weighted by atomic mass is 16.5. The molecule has 11 heavy (non-hydrogen) atoms. The molecule has 1 saturated heterocycles. The summed E-state index contributed by atoms with van der Waals surface area (Å²) in [5.74, 6) is 0. The number of ether oxygens (including phenoxy) is 1. The topological polar surface area (TPSA) is 32.7 Å². The maximum Gasteiger partial charge on any atom is 0.0619 e. The van der Waals surface area contributed by atoms with Crippen molar-refractivity contribution < 1.29 is 9.84 Å². The molecule has 3 heteroatoms. The van der Waals surface area contributed by atoms with E-state index in [1.165, 1.54) is 0 Å². The van der Waals surface area contributed by atoms with E-state index < -0.39 is 0 Å². The predicted octanol–water partition coefficient (Wildman–Crippen LogP) is 0.0895. The van der Waals surface area contributed by atoms with E-state index >= 15 is 0 Å². The van der Waals surface area contributed by atoms with E-state index in [-0.39, 0.29) is 0 Å². The van der Waals surface area contributed by atoms with Crippen LogP contribution in [0.3, 0.4) is 0 Å². The summed E-state index contributed by atoms with van der Waals surface area (Å²) in [5.41, 5.74) is 0. The van der Waals surface area contributed by atoms with Crippen LogP contribution in [0.15, 0.2) is 0 Å². The Balaban J connectivity index is 2.18. The first-order valence-corrected chi connectivity index (χ1v) is 4.27. The SMILES string of the molecule is CC1COCCN1CCCO. The van der Waals surface area contributed by atoms with Crippen LogP contribution in [0.2, 0.25) is 0 Å². The standard InChI is InChI=1S/C8H17NO2/c1-8-7-11-6-4-9(8)3-2-5-10/h8,10H,2-7H2,1H3. The molecule has 1 heterocycles. The van der Waals surface area contributed by atoms with Crippen LogP contribution in [-0.2, 0) is 4.74 Å². The van der Waals surface area contributed by atoms with E-state index in [4.69, 9.17) is 9.84 Å². The first-order chi connectivity index (χ1) is 5.34. The van der Waals surface area contributed by atoms with E-state index in [0.29, 0.717) is 12.6 Å². The summed E-state index contributed by atoms with van der Waals surface area (Å²) in [4.78, 5) is 2.36. The first kappa shape index (κ1) is 8.97. The van der Waals surface area contributed by atoms with E-state index in [1.54, 1.807) is 0 Å². The average Bonchev–Trinajstić information content (AvgIpc) is 2.03. The Kier molecular flexibility index (Phi) is 3.83. The molecule has 0 aliphatic carbocycles. The molecule has 0 aromatic carbocycles. The second-order valence-corrected chi connectivity index (χ2v) is 3.04. The number of hydrogen-bond donors (Lipinski definition) is 1. The summed E-state index contributed by atoms with van der Waals surface area (Å²) in [6.07, 6.45) is 0.879. The summed E-state index contributed by atoms with van der Waals surface area (Å²) >= 11 is 0. The number of hydrogen-bond acceptors (Lipinski definition) is 3. The van der Waals surface area contributed by atoms with Gasteiger partial charge in [-0.15, -0.1) is 0 Å². The molecule has 1 atom stereocenters. The fourth-order valence-corrected chi connectivity index (χ4v) is 1.37. The van der Waals surface area contributed by atoms with Crippen molar-refractivity contribution in [3.05, 3.63) is 0 Å². The lowest BCUT2D eigenvalue weighted by Crippen LogP contribution is -2.44. The molecule has 1 fully saturated rings. The molecule has 0 bridgehead atoms. The minimum absolute atomic E-state index is 0.296. The van der Waals surface area contributed by atoms with Crippen molar-refractivity contribution in [2.45, 2.75) is 19.4 Å². The molecular weight excluding hydrogens is 142 g/mol. The van der Waals surface area contributed by atoms with Crippen LogP contribution >= 0.6 is 0 Å². The van der Waals surface area contributed by atoms with E-state index in [1.807, 2.05) is 0 Å². The quantitative estimate of drug-likeness (QED) is 0.633. The first-order valence-electron chi connectivity index (χ1n) is 4.27. The summed E-state index contributed by atoms with van der Waals surface area (Å²) in [6.45, 7) is 6.16. The lowest BCUT2D eigenvalue weighted by atomic mass is 10.2. The Morgan fingerprint density at radius 2 is 2.45 bits per heavy atom.